The number of nitrogens with zero attached hydrogens (tertiary/aromatic N) is 2. The van der Waals surface area contributed by atoms with E-state index in [1.807, 2.05) is 38.1 Å². The van der Waals surface area contributed by atoms with Crippen molar-refractivity contribution in [3.8, 4) is 11.3 Å². The molecule has 4 N–H and O–H groups in total. The van der Waals surface area contributed by atoms with E-state index in [1.54, 1.807) is 18.3 Å². The first-order chi connectivity index (χ1) is 13.9. The molecule has 0 fully saturated rings. The molecular formula is C21H19N5O3. The Bertz CT molecular complexity index is 1220. The van der Waals surface area contributed by atoms with E-state index < -0.39 is 5.97 Å². The summed E-state index contributed by atoms with van der Waals surface area (Å²) in [6.45, 7) is 3.68. The highest BCUT2D eigenvalue weighted by atomic mass is 16.4. The van der Waals surface area contributed by atoms with Crippen LogP contribution in [0.3, 0.4) is 0 Å². The van der Waals surface area contributed by atoms with Crippen LogP contribution >= 0.6 is 0 Å². The van der Waals surface area contributed by atoms with Crippen LogP contribution in [-0.2, 0) is 11.2 Å². The van der Waals surface area contributed by atoms with Gasteiger partial charge in [0.2, 0.25) is 0 Å². The Morgan fingerprint density at radius 2 is 1.90 bits per heavy atom. The number of rotatable bonds is 5. The van der Waals surface area contributed by atoms with Gasteiger partial charge in [-0.3, -0.25) is 14.7 Å². The molecule has 4 rings (SSSR count). The zero-order valence-electron chi connectivity index (χ0n) is 15.9. The zero-order chi connectivity index (χ0) is 20.5. The van der Waals surface area contributed by atoms with Gasteiger partial charge in [0.25, 0.3) is 5.91 Å². The zero-order valence-corrected chi connectivity index (χ0v) is 15.9. The number of carboxylic acid groups (broad SMARTS) is 1. The summed E-state index contributed by atoms with van der Waals surface area (Å²) in [4.78, 5) is 30.9. The SMILES string of the molecule is Cc1n[nH]c(C(=O)Nc2cnc3[nH]c(-c4ccc(CC(=O)O)cc4)cc3c2)c1C. The quantitative estimate of drug-likeness (QED) is 0.416. The van der Waals surface area contributed by atoms with E-state index in [4.69, 9.17) is 5.11 Å². The summed E-state index contributed by atoms with van der Waals surface area (Å²) in [5.74, 6) is -1.13. The van der Waals surface area contributed by atoms with Crippen LogP contribution in [0.25, 0.3) is 22.3 Å². The molecule has 0 saturated heterocycles. The largest absolute Gasteiger partial charge is 0.481 e. The summed E-state index contributed by atoms with van der Waals surface area (Å²) in [6.07, 6.45) is 1.59. The fraction of sp³-hybridized carbons (Fsp3) is 0.143. The number of pyridine rings is 1. The number of hydrogen-bond acceptors (Lipinski definition) is 4. The van der Waals surface area contributed by atoms with Gasteiger partial charge in [-0.2, -0.15) is 5.10 Å². The smallest absolute Gasteiger partial charge is 0.307 e. The molecule has 1 aromatic carbocycles. The van der Waals surface area contributed by atoms with Crippen LogP contribution in [0.2, 0.25) is 0 Å². The lowest BCUT2D eigenvalue weighted by Gasteiger charge is -2.04. The maximum absolute atomic E-state index is 12.5. The standard InChI is InChI=1S/C21H19N5O3/c1-11-12(2)25-26-19(11)21(29)23-16-8-15-9-17(24-20(15)22-10-16)14-5-3-13(4-6-14)7-18(27)28/h3-6,8-10H,7H2,1-2H3,(H,22,24)(H,23,29)(H,25,26)(H,27,28). The lowest BCUT2D eigenvalue weighted by atomic mass is 10.1. The molecule has 0 aliphatic rings. The number of hydrogen-bond donors (Lipinski definition) is 4. The molecule has 8 nitrogen and oxygen atoms in total. The van der Waals surface area contributed by atoms with Crippen LogP contribution < -0.4 is 5.32 Å². The highest BCUT2D eigenvalue weighted by Gasteiger charge is 2.14. The van der Waals surface area contributed by atoms with Crippen LogP contribution in [-0.4, -0.2) is 37.1 Å². The summed E-state index contributed by atoms with van der Waals surface area (Å²) in [7, 11) is 0. The second-order valence-corrected chi connectivity index (χ2v) is 6.88. The van der Waals surface area contributed by atoms with Gasteiger partial charge in [-0.15, -0.1) is 0 Å². The molecule has 1 amide bonds. The van der Waals surface area contributed by atoms with Gasteiger partial charge < -0.3 is 15.4 Å². The van der Waals surface area contributed by atoms with Crippen molar-refractivity contribution in [2.45, 2.75) is 20.3 Å². The Morgan fingerprint density at radius 1 is 1.14 bits per heavy atom. The molecule has 0 bridgehead atoms. The number of aromatic nitrogens is 4. The number of aliphatic carboxylic acids is 1. The van der Waals surface area contributed by atoms with Gasteiger partial charge in [-0.25, -0.2) is 4.98 Å². The second-order valence-electron chi connectivity index (χ2n) is 6.88. The number of benzene rings is 1. The Morgan fingerprint density at radius 3 is 2.55 bits per heavy atom. The minimum absolute atomic E-state index is 0.00702. The number of aromatic amines is 2. The number of nitrogens with one attached hydrogen (secondary N) is 3. The molecule has 0 radical (unpaired) electrons. The fourth-order valence-corrected chi connectivity index (χ4v) is 3.12. The predicted molar refractivity (Wildman–Crippen MR) is 109 cm³/mol. The molecule has 8 heteroatoms. The minimum Gasteiger partial charge on any atom is -0.481 e. The summed E-state index contributed by atoms with van der Waals surface area (Å²) in [5, 5.41) is 19.4. The highest BCUT2D eigenvalue weighted by molar-refractivity contribution is 6.04. The van der Waals surface area contributed by atoms with Gasteiger partial charge >= 0.3 is 5.97 Å². The van der Waals surface area contributed by atoms with E-state index in [0.29, 0.717) is 17.0 Å². The number of fused-ring (bicyclic) bond motifs is 1. The fourth-order valence-electron chi connectivity index (χ4n) is 3.12. The average molecular weight is 389 g/mol. The lowest BCUT2D eigenvalue weighted by Crippen LogP contribution is -2.13. The molecule has 146 valence electrons. The number of aryl methyl sites for hydroxylation is 1. The van der Waals surface area contributed by atoms with Gasteiger partial charge in [0.05, 0.1) is 24.0 Å². The van der Waals surface area contributed by atoms with Crippen LogP contribution in [0.15, 0.2) is 42.6 Å². The second kappa shape index (κ2) is 7.23. The third-order valence-corrected chi connectivity index (χ3v) is 4.83. The number of amides is 1. The van der Waals surface area contributed by atoms with Crippen molar-refractivity contribution in [3.63, 3.8) is 0 Å². The van der Waals surface area contributed by atoms with Crippen LogP contribution in [0.4, 0.5) is 5.69 Å². The molecule has 3 heterocycles. The Kier molecular flexibility index (Phi) is 4.59. The first-order valence-electron chi connectivity index (χ1n) is 9.03. The lowest BCUT2D eigenvalue weighted by molar-refractivity contribution is -0.136. The molecule has 0 spiro atoms. The van der Waals surface area contributed by atoms with E-state index in [-0.39, 0.29) is 12.3 Å². The Labute approximate surface area is 166 Å². The molecule has 0 aliphatic carbocycles. The van der Waals surface area contributed by atoms with Gasteiger partial charge in [0.15, 0.2) is 0 Å². The summed E-state index contributed by atoms with van der Waals surface area (Å²) in [5.41, 5.74) is 5.82. The number of H-pyrrole nitrogens is 2. The Balaban J connectivity index is 1.57. The monoisotopic (exact) mass is 389 g/mol. The number of anilines is 1. The van der Waals surface area contributed by atoms with Crippen LogP contribution in [0, 0.1) is 13.8 Å². The average Bonchev–Trinajstić information content (AvgIpc) is 3.25. The molecule has 4 aromatic rings. The van der Waals surface area contributed by atoms with Crippen LogP contribution in [0.5, 0.6) is 0 Å². The maximum atomic E-state index is 12.5. The van der Waals surface area contributed by atoms with Crippen LogP contribution in [0.1, 0.15) is 27.3 Å². The van der Waals surface area contributed by atoms with Crippen molar-refractivity contribution >= 4 is 28.6 Å². The number of carbonyl (C=O) groups is 2. The van der Waals surface area contributed by atoms with E-state index >= 15 is 0 Å². The molecule has 0 unspecified atom stereocenters. The molecule has 29 heavy (non-hydrogen) atoms. The summed E-state index contributed by atoms with van der Waals surface area (Å²) >= 11 is 0. The number of carbonyl (C=O) groups excluding carboxylic acids is 1. The Hall–Kier alpha value is -3.94. The molecular weight excluding hydrogens is 370 g/mol. The summed E-state index contributed by atoms with van der Waals surface area (Å²) in [6, 6.07) is 11.1. The molecule has 3 aromatic heterocycles. The van der Waals surface area contributed by atoms with Crippen molar-refractivity contribution in [3.05, 3.63) is 65.1 Å². The van der Waals surface area contributed by atoms with E-state index in [2.05, 4.69) is 25.5 Å². The molecule has 0 saturated carbocycles. The first kappa shape index (κ1) is 18.4. The van der Waals surface area contributed by atoms with Crippen molar-refractivity contribution in [2.24, 2.45) is 0 Å². The summed E-state index contributed by atoms with van der Waals surface area (Å²) < 4.78 is 0. The topological polar surface area (TPSA) is 124 Å². The number of carboxylic acids is 1. The van der Waals surface area contributed by atoms with Gasteiger partial charge in [0, 0.05) is 16.6 Å². The van der Waals surface area contributed by atoms with Crippen molar-refractivity contribution in [1.29, 1.82) is 0 Å². The predicted octanol–water partition coefficient (Wildman–Crippen LogP) is 3.45. The van der Waals surface area contributed by atoms with E-state index in [0.717, 1.165) is 33.5 Å². The maximum Gasteiger partial charge on any atom is 0.307 e. The molecule has 0 atom stereocenters. The van der Waals surface area contributed by atoms with Crippen molar-refractivity contribution in [2.75, 3.05) is 5.32 Å². The first-order valence-corrected chi connectivity index (χ1v) is 9.03. The van der Waals surface area contributed by atoms with E-state index in [9.17, 15) is 9.59 Å². The highest BCUT2D eigenvalue weighted by Crippen LogP contribution is 2.25. The minimum atomic E-state index is -0.859. The van der Waals surface area contributed by atoms with Gasteiger partial charge in [-0.05, 0) is 37.1 Å². The molecule has 0 aliphatic heterocycles. The normalized spacial score (nSPS) is 11.0. The van der Waals surface area contributed by atoms with E-state index in [1.165, 1.54) is 0 Å². The van der Waals surface area contributed by atoms with Gasteiger partial charge in [-0.1, -0.05) is 24.3 Å². The van der Waals surface area contributed by atoms with Gasteiger partial charge in [0.1, 0.15) is 11.3 Å². The van der Waals surface area contributed by atoms with Crippen molar-refractivity contribution in [1.82, 2.24) is 20.2 Å². The third kappa shape index (κ3) is 3.73. The third-order valence-electron chi connectivity index (χ3n) is 4.83. The van der Waals surface area contributed by atoms with Crippen molar-refractivity contribution < 1.29 is 14.7 Å².